The molecule has 0 saturated carbocycles. The number of unbranched alkanes of at least 4 members (excludes halogenated alkanes) is 6. The lowest BCUT2D eigenvalue weighted by atomic mass is 9.73. The van der Waals surface area contributed by atoms with Crippen LogP contribution in [0.4, 0.5) is 5.69 Å². The molecule has 8 aliphatic carbocycles. The Balaban J connectivity index is 0.913. The van der Waals surface area contributed by atoms with Crippen molar-refractivity contribution in [1.82, 2.24) is 4.90 Å². The van der Waals surface area contributed by atoms with Gasteiger partial charge in [-0.2, -0.15) is 0 Å². The summed E-state index contributed by atoms with van der Waals surface area (Å²) in [7, 11) is 0. The van der Waals surface area contributed by atoms with Crippen LogP contribution in [-0.2, 0) is 19.3 Å². The number of hydrogen-bond donors (Lipinski definition) is 1. The number of hydrogen-bond acceptors (Lipinski definition) is 3. The SMILES string of the molecule is CCCCCCc1cc(C2CCC(N(c3ccc(-c4c(C)cc(CC(C)C)cc4C)cc3)C3C=CC(C4C=CC(C(C)N)CC4)CC3)C=C2C)c(CCCCCC)cc1C1CCC(N(C2=CC=C(C3=C(C)C=C(CC(C)C)CC3C)CC2)C2C=CC(C3C=CC(C(C)C)=CC3)=CC2)C=C1C. The standard InChI is InChI=1S/C97H135N3/c1-16-18-20-22-24-84-63-95(93-53-51-91(61-68(93)10)100(87-44-36-81(37-45-87)79-32-28-77(29-33-79)73(15)98)89-48-40-83(41-49-89)97-71(13)58-75(55-65(5)6)59-72(97)14)85(25-23-21-19-17-2)62-94(84)92-52-50-90(60-67(92)9)99(86-42-34-80(35-43-86)78-30-26-76(27-31-78)66(7)8)88-46-38-82(39-47-88)96-69(11)56-74(54-64(3)4)57-70(96)12/h26-28,30,32,34-36,38,40-42,44,46,48-49,56,58-66,70,73,77-79,81,86-87,90-93H,16-25,29,31,33,37,39,43,45,47,50-55,57,98H2,1-15H3. The van der Waals surface area contributed by atoms with Crippen LogP contribution in [-0.4, -0.2) is 35.1 Å². The average Bonchev–Trinajstić information content (AvgIpc) is 0.767. The average molecular weight is 1340 g/mol. The van der Waals surface area contributed by atoms with Gasteiger partial charge in [0, 0.05) is 53.3 Å². The monoisotopic (exact) mass is 1340 g/mol. The maximum absolute atomic E-state index is 6.42. The molecule has 11 rings (SSSR count). The van der Waals surface area contributed by atoms with E-state index in [-0.39, 0.29) is 6.04 Å². The first-order valence-corrected chi connectivity index (χ1v) is 41.2. The van der Waals surface area contributed by atoms with Crippen LogP contribution in [0.15, 0.2) is 190 Å². The predicted octanol–water partition coefficient (Wildman–Crippen LogP) is 26.2. The quantitative estimate of drug-likeness (QED) is 0.0581. The van der Waals surface area contributed by atoms with Gasteiger partial charge in [-0.25, -0.2) is 0 Å². The number of nitrogens with zero attached hydrogens (tertiary/aromatic N) is 2. The van der Waals surface area contributed by atoms with Crippen molar-refractivity contribution in [1.29, 1.82) is 0 Å². The van der Waals surface area contributed by atoms with Gasteiger partial charge in [0.25, 0.3) is 0 Å². The molecular formula is C97H135N3. The van der Waals surface area contributed by atoms with Crippen molar-refractivity contribution in [2.24, 2.45) is 53.1 Å². The molecule has 0 heterocycles. The van der Waals surface area contributed by atoms with Crippen molar-refractivity contribution in [3.63, 3.8) is 0 Å². The minimum atomic E-state index is 0.228. The van der Waals surface area contributed by atoms with Gasteiger partial charge in [-0.3, -0.25) is 0 Å². The van der Waals surface area contributed by atoms with Crippen molar-refractivity contribution in [2.75, 3.05) is 4.90 Å². The van der Waals surface area contributed by atoms with Gasteiger partial charge in [-0.15, -0.1) is 0 Å². The highest BCUT2D eigenvalue weighted by molar-refractivity contribution is 5.73. The summed E-state index contributed by atoms with van der Waals surface area (Å²) in [4.78, 5) is 5.80. The molecule has 3 heteroatoms. The lowest BCUT2D eigenvalue weighted by Crippen LogP contribution is -2.44. The third-order valence-corrected chi connectivity index (χ3v) is 25.1. The summed E-state index contributed by atoms with van der Waals surface area (Å²) in [5, 5.41) is 0. The van der Waals surface area contributed by atoms with E-state index in [2.05, 4.69) is 253 Å². The Hall–Kier alpha value is -5.90. The van der Waals surface area contributed by atoms with E-state index >= 15 is 0 Å². The normalized spacial score (nSPS) is 26.7. The molecular weight excluding hydrogens is 1210 g/mol. The molecule has 0 spiro atoms. The van der Waals surface area contributed by atoms with Crippen LogP contribution in [0.2, 0.25) is 0 Å². The molecule has 0 radical (unpaired) electrons. The molecule has 100 heavy (non-hydrogen) atoms. The Morgan fingerprint density at radius 1 is 0.550 bits per heavy atom. The maximum atomic E-state index is 6.42. The summed E-state index contributed by atoms with van der Waals surface area (Å²) in [6.45, 7) is 35.6. The fraction of sp³-hybridized carbons (Fsp3) is 0.567. The summed E-state index contributed by atoms with van der Waals surface area (Å²) in [6, 6.07) is 22.0. The van der Waals surface area contributed by atoms with E-state index in [1.54, 1.807) is 50.1 Å². The second-order valence-electron chi connectivity index (χ2n) is 34.4. The first-order valence-electron chi connectivity index (χ1n) is 41.2. The number of nitrogens with two attached hydrogens (primary N) is 1. The number of aryl methyl sites for hydroxylation is 4. The molecule has 3 nitrogen and oxygen atoms in total. The van der Waals surface area contributed by atoms with Crippen LogP contribution in [0.5, 0.6) is 0 Å². The van der Waals surface area contributed by atoms with Gasteiger partial charge in [-0.1, -0.05) is 239 Å². The van der Waals surface area contributed by atoms with Crippen molar-refractivity contribution < 1.29 is 0 Å². The molecule has 8 aliphatic rings. The molecule has 0 bridgehead atoms. The van der Waals surface area contributed by atoms with Gasteiger partial charge >= 0.3 is 0 Å². The van der Waals surface area contributed by atoms with E-state index in [0.717, 1.165) is 38.5 Å². The molecule has 0 saturated heterocycles. The smallest absolute Gasteiger partial charge is 0.0514 e. The molecule has 3 aromatic carbocycles. The van der Waals surface area contributed by atoms with E-state index in [0.29, 0.717) is 83.3 Å². The molecule has 538 valence electrons. The van der Waals surface area contributed by atoms with E-state index in [1.807, 2.05) is 0 Å². The predicted molar refractivity (Wildman–Crippen MR) is 435 cm³/mol. The molecule has 0 aliphatic heterocycles. The Morgan fingerprint density at radius 3 is 1.65 bits per heavy atom. The zero-order valence-electron chi connectivity index (χ0n) is 65.6. The Kier molecular flexibility index (Phi) is 26.4. The third kappa shape index (κ3) is 18.3. The fourth-order valence-corrected chi connectivity index (χ4v) is 20.0. The summed E-state index contributed by atoms with van der Waals surface area (Å²) in [5.41, 5.74) is 35.4. The fourth-order valence-electron chi connectivity index (χ4n) is 20.0. The third-order valence-electron chi connectivity index (χ3n) is 25.1. The summed E-state index contributed by atoms with van der Waals surface area (Å²) in [5.74, 6) is 5.55. The zero-order chi connectivity index (χ0) is 70.7. The van der Waals surface area contributed by atoms with Gasteiger partial charge in [0.05, 0.1) is 6.04 Å². The van der Waals surface area contributed by atoms with Crippen LogP contribution in [0, 0.1) is 61.2 Å². The van der Waals surface area contributed by atoms with Gasteiger partial charge in [0.2, 0.25) is 0 Å². The van der Waals surface area contributed by atoms with Gasteiger partial charge in [-0.05, 0) is 301 Å². The Bertz CT molecular complexity index is 3650. The highest BCUT2D eigenvalue weighted by Gasteiger charge is 2.37. The molecule has 0 fully saturated rings. The van der Waals surface area contributed by atoms with Gasteiger partial charge in [0.1, 0.15) is 0 Å². The molecule has 0 aromatic heterocycles. The van der Waals surface area contributed by atoms with Crippen LogP contribution in [0.3, 0.4) is 0 Å². The molecule has 2 N–H and O–H groups in total. The topological polar surface area (TPSA) is 32.5 Å². The highest BCUT2D eigenvalue weighted by atomic mass is 15.2. The van der Waals surface area contributed by atoms with Crippen molar-refractivity contribution in [3.8, 4) is 11.1 Å². The van der Waals surface area contributed by atoms with Crippen LogP contribution in [0.25, 0.3) is 11.1 Å². The van der Waals surface area contributed by atoms with Gasteiger partial charge in [0.15, 0.2) is 0 Å². The van der Waals surface area contributed by atoms with Crippen LogP contribution < -0.4 is 10.6 Å². The van der Waals surface area contributed by atoms with Crippen molar-refractivity contribution >= 4 is 5.69 Å². The largest absolute Gasteiger partial charge is 0.362 e. The van der Waals surface area contributed by atoms with Crippen LogP contribution in [0.1, 0.15) is 282 Å². The molecule has 12 unspecified atom stereocenters. The number of benzene rings is 3. The molecule has 12 atom stereocenters. The van der Waals surface area contributed by atoms with E-state index in [1.165, 1.54) is 178 Å². The van der Waals surface area contributed by atoms with Crippen LogP contribution >= 0.6 is 0 Å². The summed E-state index contributed by atoms with van der Waals surface area (Å²) < 4.78 is 0. The first-order chi connectivity index (χ1) is 48.2. The minimum Gasteiger partial charge on any atom is -0.362 e. The molecule has 0 amide bonds. The highest BCUT2D eigenvalue weighted by Crippen LogP contribution is 2.48. The van der Waals surface area contributed by atoms with Crippen molar-refractivity contribution in [2.45, 2.75) is 306 Å². The summed E-state index contributed by atoms with van der Waals surface area (Å²) in [6.07, 6.45) is 68.8. The first kappa shape index (κ1) is 75.3. The summed E-state index contributed by atoms with van der Waals surface area (Å²) >= 11 is 0. The number of allylic oxidation sites excluding steroid dienone is 18. The minimum absolute atomic E-state index is 0.228. The Labute approximate surface area is 611 Å². The second kappa shape index (κ2) is 35.1. The van der Waals surface area contributed by atoms with E-state index < -0.39 is 0 Å². The molecule has 3 aromatic rings. The van der Waals surface area contributed by atoms with Crippen molar-refractivity contribution in [3.05, 3.63) is 229 Å². The van der Waals surface area contributed by atoms with Gasteiger partial charge < -0.3 is 15.5 Å². The zero-order valence-corrected chi connectivity index (χ0v) is 65.6. The lowest BCUT2D eigenvalue weighted by molar-refractivity contribution is 0.215. The Morgan fingerprint density at radius 2 is 1.16 bits per heavy atom. The van der Waals surface area contributed by atoms with E-state index in [4.69, 9.17) is 5.73 Å². The maximum Gasteiger partial charge on any atom is 0.0514 e. The number of anilines is 1. The van der Waals surface area contributed by atoms with E-state index in [9.17, 15) is 0 Å². The lowest BCUT2D eigenvalue weighted by Gasteiger charge is -2.44. The number of rotatable bonds is 28. The second-order valence-corrected chi connectivity index (χ2v) is 34.4.